The lowest BCUT2D eigenvalue weighted by Crippen LogP contribution is -2.21. The maximum absolute atomic E-state index is 13.1. The van der Waals surface area contributed by atoms with E-state index in [-0.39, 0.29) is 11.5 Å². The van der Waals surface area contributed by atoms with Gasteiger partial charge in [-0.2, -0.15) is 0 Å². The smallest absolute Gasteiger partial charge is 0.266 e. The summed E-state index contributed by atoms with van der Waals surface area (Å²) in [5, 5.41) is 3.34. The van der Waals surface area contributed by atoms with Crippen LogP contribution in [0.2, 0.25) is 0 Å². The average Bonchev–Trinajstić information content (AvgIpc) is 3.09. The number of nitrogens with zero attached hydrogens (tertiary/aromatic N) is 2. The summed E-state index contributed by atoms with van der Waals surface area (Å²) in [6.45, 7) is 2.19. The Kier molecular flexibility index (Phi) is 5.69. The number of thiophene rings is 1. The van der Waals surface area contributed by atoms with E-state index in [9.17, 15) is 9.59 Å². The van der Waals surface area contributed by atoms with Gasteiger partial charge in [0.05, 0.1) is 35.9 Å². The third-order valence-corrected chi connectivity index (χ3v) is 6.47. The van der Waals surface area contributed by atoms with Crippen LogP contribution in [0.3, 0.4) is 0 Å². The number of benzene rings is 2. The topological polar surface area (TPSA) is 73.2 Å². The molecule has 0 radical (unpaired) electrons. The Bertz CT molecular complexity index is 1300. The van der Waals surface area contributed by atoms with Gasteiger partial charge >= 0.3 is 0 Å². The first kappa shape index (κ1) is 20.3. The standard InChI is InChI=1S/C22H18BrN3O3S/c1-13-18-21(24-12-26(22(18)28)11-14-7-9-15(23)10-8-14)30-19(13)20(27)25-16-5-3-4-6-17(16)29-2/h3-10,12H,11H2,1-2H3,(H,25,27). The highest BCUT2D eigenvalue weighted by molar-refractivity contribution is 9.10. The molecule has 0 aliphatic heterocycles. The van der Waals surface area contributed by atoms with Crippen LogP contribution in [0.25, 0.3) is 10.2 Å². The largest absolute Gasteiger partial charge is 0.495 e. The van der Waals surface area contributed by atoms with Gasteiger partial charge in [0.25, 0.3) is 11.5 Å². The number of aryl methyl sites for hydroxylation is 1. The van der Waals surface area contributed by atoms with E-state index in [1.807, 2.05) is 36.4 Å². The number of rotatable bonds is 5. The number of halogens is 1. The molecular weight excluding hydrogens is 466 g/mol. The van der Waals surface area contributed by atoms with Crippen molar-refractivity contribution in [1.82, 2.24) is 9.55 Å². The van der Waals surface area contributed by atoms with Crippen molar-refractivity contribution in [2.75, 3.05) is 12.4 Å². The van der Waals surface area contributed by atoms with E-state index in [2.05, 4.69) is 26.2 Å². The lowest BCUT2D eigenvalue weighted by molar-refractivity contribution is 0.102. The summed E-state index contributed by atoms with van der Waals surface area (Å²) in [6, 6.07) is 15.0. The minimum atomic E-state index is -0.293. The van der Waals surface area contributed by atoms with Gasteiger partial charge in [0.15, 0.2) is 0 Å². The maximum Gasteiger partial charge on any atom is 0.266 e. The Labute approximate surface area is 185 Å². The number of carbonyl (C=O) groups is 1. The molecule has 4 rings (SSSR count). The van der Waals surface area contributed by atoms with Crippen molar-refractivity contribution in [2.24, 2.45) is 0 Å². The highest BCUT2D eigenvalue weighted by Crippen LogP contribution is 2.29. The molecular formula is C22H18BrN3O3S. The van der Waals surface area contributed by atoms with E-state index < -0.39 is 0 Å². The zero-order valence-corrected chi connectivity index (χ0v) is 18.7. The number of anilines is 1. The first-order valence-electron chi connectivity index (χ1n) is 9.15. The number of para-hydroxylation sites is 2. The third kappa shape index (κ3) is 3.88. The van der Waals surface area contributed by atoms with E-state index in [1.165, 1.54) is 17.7 Å². The third-order valence-electron chi connectivity index (χ3n) is 4.74. The molecule has 0 atom stereocenters. The lowest BCUT2D eigenvalue weighted by Gasteiger charge is -2.09. The number of methoxy groups -OCH3 is 1. The van der Waals surface area contributed by atoms with Gasteiger partial charge in [-0.25, -0.2) is 4.98 Å². The summed E-state index contributed by atoms with van der Waals surface area (Å²) < 4.78 is 7.83. The van der Waals surface area contributed by atoms with Crippen molar-refractivity contribution in [3.8, 4) is 5.75 Å². The van der Waals surface area contributed by atoms with Gasteiger partial charge in [-0.05, 0) is 42.3 Å². The number of ether oxygens (including phenoxy) is 1. The van der Waals surface area contributed by atoms with Crippen LogP contribution in [0.15, 0.2) is 64.1 Å². The molecule has 30 heavy (non-hydrogen) atoms. The van der Waals surface area contributed by atoms with Gasteiger partial charge in [0.2, 0.25) is 0 Å². The van der Waals surface area contributed by atoms with Crippen LogP contribution in [-0.2, 0) is 6.54 Å². The normalized spacial score (nSPS) is 10.9. The molecule has 0 saturated carbocycles. The van der Waals surface area contributed by atoms with Crippen LogP contribution in [0.4, 0.5) is 5.69 Å². The van der Waals surface area contributed by atoms with Gasteiger partial charge in [-0.3, -0.25) is 14.2 Å². The second-order valence-electron chi connectivity index (χ2n) is 6.69. The maximum atomic E-state index is 13.1. The Morgan fingerprint density at radius 3 is 2.67 bits per heavy atom. The van der Waals surface area contributed by atoms with Crippen LogP contribution in [0.1, 0.15) is 20.8 Å². The number of hydrogen-bond donors (Lipinski definition) is 1. The SMILES string of the molecule is COc1ccccc1NC(=O)c1sc2ncn(Cc3ccc(Br)cc3)c(=O)c2c1C. The fraction of sp³-hybridized carbons (Fsp3) is 0.136. The summed E-state index contributed by atoms with van der Waals surface area (Å²) in [6.07, 6.45) is 1.53. The Balaban J connectivity index is 1.68. The lowest BCUT2D eigenvalue weighted by atomic mass is 10.2. The van der Waals surface area contributed by atoms with E-state index >= 15 is 0 Å². The number of nitrogens with one attached hydrogen (secondary N) is 1. The summed E-state index contributed by atoms with van der Waals surface area (Å²) in [7, 11) is 1.55. The van der Waals surface area contributed by atoms with Gasteiger partial charge in [0.1, 0.15) is 10.6 Å². The van der Waals surface area contributed by atoms with Crippen LogP contribution >= 0.6 is 27.3 Å². The molecule has 0 unspecified atom stereocenters. The van der Waals surface area contributed by atoms with Gasteiger partial charge in [-0.1, -0.05) is 40.2 Å². The molecule has 0 aliphatic carbocycles. The van der Waals surface area contributed by atoms with E-state index in [0.29, 0.717) is 38.6 Å². The Morgan fingerprint density at radius 2 is 1.93 bits per heavy atom. The number of hydrogen-bond acceptors (Lipinski definition) is 5. The minimum absolute atomic E-state index is 0.159. The molecule has 4 aromatic rings. The van der Waals surface area contributed by atoms with E-state index in [4.69, 9.17) is 4.74 Å². The molecule has 1 N–H and O–H groups in total. The molecule has 0 aliphatic rings. The molecule has 0 saturated heterocycles. The molecule has 0 bridgehead atoms. The van der Waals surface area contributed by atoms with Gasteiger partial charge in [0, 0.05) is 4.47 Å². The second kappa shape index (κ2) is 8.41. The molecule has 6 nitrogen and oxygen atoms in total. The van der Waals surface area contributed by atoms with Crippen molar-refractivity contribution >= 4 is 49.1 Å². The first-order valence-corrected chi connectivity index (χ1v) is 10.8. The van der Waals surface area contributed by atoms with Crippen molar-refractivity contribution in [3.05, 3.63) is 85.7 Å². The summed E-state index contributed by atoms with van der Waals surface area (Å²) in [5.74, 6) is 0.276. The highest BCUT2D eigenvalue weighted by Gasteiger charge is 2.20. The Morgan fingerprint density at radius 1 is 1.20 bits per heavy atom. The van der Waals surface area contributed by atoms with Gasteiger partial charge < -0.3 is 10.1 Å². The van der Waals surface area contributed by atoms with Gasteiger partial charge in [-0.15, -0.1) is 11.3 Å². The molecule has 2 aromatic heterocycles. The van der Waals surface area contributed by atoms with Crippen LogP contribution < -0.4 is 15.6 Å². The fourth-order valence-electron chi connectivity index (χ4n) is 3.20. The molecule has 152 valence electrons. The summed E-state index contributed by atoms with van der Waals surface area (Å²) in [4.78, 5) is 31.4. The highest BCUT2D eigenvalue weighted by atomic mass is 79.9. The van der Waals surface area contributed by atoms with E-state index in [0.717, 1.165) is 10.0 Å². The second-order valence-corrected chi connectivity index (χ2v) is 8.61. The molecule has 2 heterocycles. The van der Waals surface area contributed by atoms with Crippen LogP contribution in [0, 0.1) is 6.92 Å². The number of carbonyl (C=O) groups excluding carboxylic acids is 1. The first-order chi connectivity index (χ1) is 14.5. The number of amides is 1. The Hall–Kier alpha value is -2.97. The molecule has 0 spiro atoms. The van der Waals surface area contributed by atoms with Crippen molar-refractivity contribution in [1.29, 1.82) is 0 Å². The number of fused-ring (bicyclic) bond motifs is 1. The van der Waals surface area contributed by atoms with E-state index in [1.54, 1.807) is 30.7 Å². The number of aromatic nitrogens is 2. The van der Waals surface area contributed by atoms with Crippen LogP contribution in [-0.4, -0.2) is 22.6 Å². The van der Waals surface area contributed by atoms with Crippen molar-refractivity contribution in [3.63, 3.8) is 0 Å². The molecule has 2 aromatic carbocycles. The molecule has 0 fully saturated rings. The zero-order valence-electron chi connectivity index (χ0n) is 16.3. The molecule has 8 heteroatoms. The van der Waals surface area contributed by atoms with Crippen molar-refractivity contribution < 1.29 is 9.53 Å². The molecule has 1 amide bonds. The summed E-state index contributed by atoms with van der Waals surface area (Å²) >= 11 is 4.62. The average molecular weight is 484 g/mol. The monoisotopic (exact) mass is 483 g/mol. The zero-order chi connectivity index (χ0) is 21.3. The summed E-state index contributed by atoms with van der Waals surface area (Å²) in [5.41, 5.74) is 2.03. The quantitative estimate of drug-likeness (QED) is 0.440. The van der Waals surface area contributed by atoms with Crippen molar-refractivity contribution in [2.45, 2.75) is 13.5 Å². The minimum Gasteiger partial charge on any atom is -0.495 e. The fourth-order valence-corrected chi connectivity index (χ4v) is 4.50. The predicted octanol–water partition coefficient (Wildman–Crippen LogP) is 4.84. The van der Waals surface area contributed by atoms with Crippen LogP contribution in [0.5, 0.6) is 5.75 Å². The predicted molar refractivity (Wildman–Crippen MR) is 123 cm³/mol.